The number of hydrogen-bond donors (Lipinski definition) is 1. The quantitative estimate of drug-likeness (QED) is 0.878. The number of hydrogen-bond acceptors (Lipinski definition) is 6. The molecule has 1 N–H and O–H groups in total. The standard InChI is InChI=1S/C17H24N6O/c1-11-12(2)20-21-16(15(11)10-18)23-8-6-22(7-9-23)13(3)17(24)19-14-4-5-14/h13-14H,4-9H2,1-3H3,(H,19,24)/t13-/m0/s1. The second-order valence-electron chi connectivity index (χ2n) is 6.70. The molecule has 0 aromatic carbocycles. The van der Waals surface area contributed by atoms with Crippen LogP contribution in [0.3, 0.4) is 0 Å². The van der Waals surface area contributed by atoms with E-state index in [9.17, 15) is 10.1 Å². The number of piperazine rings is 1. The molecular formula is C17H24N6O. The molecule has 1 aromatic rings. The summed E-state index contributed by atoms with van der Waals surface area (Å²) in [5.74, 6) is 0.782. The SMILES string of the molecule is Cc1nnc(N2CCN([C@@H](C)C(=O)NC3CC3)CC2)c(C#N)c1C. The van der Waals surface area contributed by atoms with Gasteiger partial charge in [0.2, 0.25) is 5.91 Å². The Morgan fingerprint density at radius 2 is 1.92 bits per heavy atom. The van der Waals surface area contributed by atoms with Gasteiger partial charge in [-0.15, -0.1) is 5.10 Å². The van der Waals surface area contributed by atoms with E-state index in [4.69, 9.17) is 0 Å². The Hall–Kier alpha value is -2.20. The largest absolute Gasteiger partial charge is 0.352 e. The van der Waals surface area contributed by atoms with Crippen LogP contribution >= 0.6 is 0 Å². The molecule has 0 spiro atoms. The lowest BCUT2D eigenvalue weighted by Gasteiger charge is -2.38. The average Bonchev–Trinajstić information content (AvgIpc) is 3.40. The van der Waals surface area contributed by atoms with Crippen LogP contribution in [0.5, 0.6) is 0 Å². The molecule has 0 bridgehead atoms. The van der Waals surface area contributed by atoms with Gasteiger partial charge in [0.25, 0.3) is 0 Å². The van der Waals surface area contributed by atoms with Crippen molar-refractivity contribution in [1.29, 1.82) is 5.26 Å². The van der Waals surface area contributed by atoms with Gasteiger partial charge in [0.15, 0.2) is 5.82 Å². The molecule has 0 radical (unpaired) electrons. The van der Waals surface area contributed by atoms with Gasteiger partial charge in [-0.25, -0.2) is 0 Å². The van der Waals surface area contributed by atoms with Crippen LogP contribution in [-0.2, 0) is 4.79 Å². The second-order valence-corrected chi connectivity index (χ2v) is 6.70. The summed E-state index contributed by atoms with van der Waals surface area (Å²) in [6, 6.07) is 2.54. The molecule has 7 nitrogen and oxygen atoms in total. The van der Waals surface area contributed by atoms with Crippen LogP contribution in [0, 0.1) is 25.2 Å². The Morgan fingerprint density at radius 1 is 1.25 bits per heavy atom. The highest BCUT2D eigenvalue weighted by Gasteiger charge is 2.30. The lowest BCUT2D eigenvalue weighted by Crippen LogP contribution is -2.54. The summed E-state index contributed by atoms with van der Waals surface area (Å²) in [5.41, 5.74) is 2.29. The van der Waals surface area contributed by atoms with Gasteiger partial charge < -0.3 is 10.2 Å². The van der Waals surface area contributed by atoms with Crippen LogP contribution < -0.4 is 10.2 Å². The molecule has 2 aliphatic rings. The monoisotopic (exact) mass is 328 g/mol. The molecule has 7 heteroatoms. The number of nitriles is 1. The molecule has 2 fully saturated rings. The van der Waals surface area contributed by atoms with E-state index < -0.39 is 0 Å². The van der Waals surface area contributed by atoms with Crippen LogP contribution in [0.1, 0.15) is 36.6 Å². The summed E-state index contributed by atoms with van der Waals surface area (Å²) in [6.07, 6.45) is 2.21. The third kappa shape index (κ3) is 3.34. The van der Waals surface area contributed by atoms with Gasteiger partial charge in [0.1, 0.15) is 11.6 Å². The molecule has 1 aliphatic carbocycles. The van der Waals surface area contributed by atoms with Gasteiger partial charge in [0.05, 0.1) is 11.7 Å². The fourth-order valence-electron chi connectivity index (χ4n) is 2.99. The van der Waals surface area contributed by atoms with Crippen molar-refractivity contribution in [1.82, 2.24) is 20.4 Å². The fourth-order valence-corrected chi connectivity index (χ4v) is 2.99. The lowest BCUT2D eigenvalue weighted by molar-refractivity contribution is -0.126. The van der Waals surface area contributed by atoms with E-state index in [2.05, 4.69) is 31.4 Å². The van der Waals surface area contributed by atoms with Gasteiger partial charge in [-0.2, -0.15) is 10.4 Å². The maximum atomic E-state index is 12.2. The van der Waals surface area contributed by atoms with Crippen molar-refractivity contribution in [3.63, 3.8) is 0 Å². The molecule has 1 aliphatic heterocycles. The Labute approximate surface area is 142 Å². The number of nitrogens with one attached hydrogen (secondary N) is 1. The molecule has 1 saturated heterocycles. The minimum atomic E-state index is -0.117. The van der Waals surface area contributed by atoms with Crippen molar-refractivity contribution in [2.24, 2.45) is 0 Å². The highest BCUT2D eigenvalue weighted by atomic mass is 16.2. The number of carbonyl (C=O) groups is 1. The first-order chi connectivity index (χ1) is 11.5. The lowest BCUT2D eigenvalue weighted by atomic mass is 10.1. The van der Waals surface area contributed by atoms with Crippen LogP contribution in [0.2, 0.25) is 0 Å². The topological polar surface area (TPSA) is 85.2 Å². The molecule has 1 amide bonds. The summed E-state index contributed by atoms with van der Waals surface area (Å²) in [4.78, 5) is 16.5. The normalized spacial score (nSPS) is 19.7. The van der Waals surface area contributed by atoms with Gasteiger partial charge in [-0.05, 0) is 39.2 Å². The highest BCUT2D eigenvalue weighted by Crippen LogP contribution is 2.23. The van der Waals surface area contributed by atoms with E-state index in [1.165, 1.54) is 0 Å². The van der Waals surface area contributed by atoms with Gasteiger partial charge in [-0.1, -0.05) is 0 Å². The van der Waals surface area contributed by atoms with Gasteiger partial charge in [-0.3, -0.25) is 9.69 Å². The first-order valence-electron chi connectivity index (χ1n) is 8.54. The average molecular weight is 328 g/mol. The number of aromatic nitrogens is 2. The molecule has 128 valence electrons. The third-order valence-corrected chi connectivity index (χ3v) is 5.01. The van der Waals surface area contributed by atoms with Crippen molar-refractivity contribution in [3.8, 4) is 6.07 Å². The highest BCUT2D eigenvalue weighted by molar-refractivity contribution is 5.81. The predicted octanol–water partition coefficient (Wildman–Crippen LogP) is 0.754. The first kappa shape index (κ1) is 16.7. The maximum absolute atomic E-state index is 12.2. The number of nitrogens with zero attached hydrogens (tertiary/aromatic N) is 5. The second kappa shape index (κ2) is 6.73. The molecule has 24 heavy (non-hydrogen) atoms. The van der Waals surface area contributed by atoms with Crippen molar-refractivity contribution >= 4 is 11.7 Å². The number of anilines is 1. The molecule has 1 saturated carbocycles. The summed E-state index contributed by atoms with van der Waals surface area (Å²) in [5, 5.41) is 20.9. The molecular weight excluding hydrogens is 304 g/mol. The Kier molecular flexibility index (Phi) is 4.67. The van der Waals surface area contributed by atoms with Crippen LogP contribution in [0.25, 0.3) is 0 Å². The zero-order valence-electron chi connectivity index (χ0n) is 14.5. The summed E-state index contributed by atoms with van der Waals surface area (Å²) >= 11 is 0. The maximum Gasteiger partial charge on any atom is 0.237 e. The Bertz CT molecular complexity index is 670. The van der Waals surface area contributed by atoms with Crippen LogP contribution in [0.4, 0.5) is 5.82 Å². The van der Waals surface area contributed by atoms with Crippen molar-refractivity contribution < 1.29 is 4.79 Å². The van der Waals surface area contributed by atoms with Crippen molar-refractivity contribution in [3.05, 3.63) is 16.8 Å². The first-order valence-corrected chi connectivity index (χ1v) is 8.54. The summed E-state index contributed by atoms with van der Waals surface area (Å²) in [6.45, 7) is 8.78. The van der Waals surface area contributed by atoms with E-state index in [-0.39, 0.29) is 11.9 Å². The van der Waals surface area contributed by atoms with E-state index >= 15 is 0 Å². The van der Waals surface area contributed by atoms with Crippen LogP contribution in [-0.4, -0.2) is 59.3 Å². The molecule has 3 rings (SSSR count). The Morgan fingerprint density at radius 3 is 2.50 bits per heavy atom. The molecule has 1 aromatic heterocycles. The van der Waals surface area contributed by atoms with E-state index in [0.717, 1.165) is 50.3 Å². The number of aryl methyl sites for hydroxylation is 1. The third-order valence-electron chi connectivity index (χ3n) is 5.01. The van der Waals surface area contributed by atoms with Crippen LogP contribution in [0.15, 0.2) is 0 Å². The predicted molar refractivity (Wildman–Crippen MR) is 90.6 cm³/mol. The minimum Gasteiger partial charge on any atom is -0.352 e. The van der Waals surface area contributed by atoms with E-state index in [0.29, 0.717) is 17.4 Å². The van der Waals surface area contributed by atoms with Crippen molar-refractivity contribution in [2.45, 2.75) is 45.7 Å². The summed E-state index contributed by atoms with van der Waals surface area (Å²) < 4.78 is 0. The van der Waals surface area contributed by atoms with Crippen molar-refractivity contribution in [2.75, 3.05) is 31.1 Å². The smallest absolute Gasteiger partial charge is 0.237 e. The molecule has 2 heterocycles. The Balaban J connectivity index is 1.64. The van der Waals surface area contributed by atoms with E-state index in [1.54, 1.807) is 0 Å². The number of rotatable bonds is 4. The zero-order valence-corrected chi connectivity index (χ0v) is 14.5. The number of carbonyl (C=O) groups excluding carboxylic acids is 1. The fraction of sp³-hybridized carbons (Fsp3) is 0.647. The molecule has 1 atom stereocenters. The van der Waals surface area contributed by atoms with Gasteiger partial charge >= 0.3 is 0 Å². The number of amides is 1. The van der Waals surface area contributed by atoms with E-state index in [1.807, 2.05) is 20.8 Å². The summed E-state index contributed by atoms with van der Waals surface area (Å²) in [7, 11) is 0. The van der Waals surface area contributed by atoms with Gasteiger partial charge in [0, 0.05) is 32.2 Å². The zero-order chi connectivity index (χ0) is 17.3. The molecule has 0 unspecified atom stereocenters. The minimum absolute atomic E-state index is 0.117.